The zero-order chi connectivity index (χ0) is 26.0. The standard InChI is InChI=1S/C33H34O4S/c1-25-30(34-22-26-14-6-2-7-15-26)31(35-23-27-16-8-3-9-17-27)32(36-24-28-18-10-4-11-19-28)33(37-25)38-29-20-12-5-13-21-29/h2-21,25,30-33H,22-24H2,1H3/t25?,30-,31?,32?,33+/m1/s1. The number of thioether (sulfide) groups is 1. The Kier molecular flexibility index (Phi) is 9.64. The number of rotatable bonds is 11. The van der Waals surface area contributed by atoms with E-state index in [1.165, 1.54) is 0 Å². The fourth-order valence-corrected chi connectivity index (χ4v) is 5.78. The number of hydrogen-bond donors (Lipinski definition) is 0. The van der Waals surface area contributed by atoms with E-state index in [9.17, 15) is 0 Å². The van der Waals surface area contributed by atoms with Crippen molar-refractivity contribution >= 4 is 11.8 Å². The summed E-state index contributed by atoms with van der Waals surface area (Å²) < 4.78 is 26.4. The van der Waals surface area contributed by atoms with Crippen molar-refractivity contribution in [1.29, 1.82) is 0 Å². The van der Waals surface area contributed by atoms with Gasteiger partial charge in [0.15, 0.2) is 0 Å². The van der Waals surface area contributed by atoms with Gasteiger partial charge in [-0.2, -0.15) is 0 Å². The summed E-state index contributed by atoms with van der Waals surface area (Å²) in [6, 6.07) is 41.0. The van der Waals surface area contributed by atoms with E-state index in [1.807, 2.05) is 72.8 Å². The van der Waals surface area contributed by atoms with Gasteiger partial charge < -0.3 is 18.9 Å². The van der Waals surface area contributed by atoms with Gasteiger partial charge in [-0.05, 0) is 35.7 Å². The molecule has 0 saturated carbocycles. The highest BCUT2D eigenvalue weighted by molar-refractivity contribution is 7.99. The maximum Gasteiger partial charge on any atom is 0.136 e. The molecule has 1 saturated heterocycles. The molecule has 38 heavy (non-hydrogen) atoms. The molecule has 1 aliphatic rings. The van der Waals surface area contributed by atoms with Crippen LogP contribution in [0.1, 0.15) is 23.6 Å². The number of benzene rings is 4. The van der Waals surface area contributed by atoms with Gasteiger partial charge in [0, 0.05) is 4.90 Å². The van der Waals surface area contributed by atoms with Gasteiger partial charge in [-0.25, -0.2) is 0 Å². The monoisotopic (exact) mass is 526 g/mol. The first-order valence-corrected chi connectivity index (χ1v) is 14.0. The highest BCUT2D eigenvalue weighted by atomic mass is 32.2. The van der Waals surface area contributed by atoms with Crippen LogP contribution in [0.4, 0.5) is 0 Å². The predicted molar refractivity (Wildman–Crippen MR) is 152 cm³/mol. The van der Waals surface area contributed by atoms with Gasteiger partial charge in [-0.15, -0.1) is 0 Å². The summed E-state index contributed by atoms with van der Waals surface area (Å²) in [5.74, 6) is 0. The third kappa shape index (κ3) is 7.34. The molecule has 4 nitrogen and oxygen atoms in total. The summed E-state index contributed by atoms with van der Waals surface area (Å²) in [4.78, 5) is 1.13. The average molecular weight is 527 g/mol. The van der Waals surface area contributed by atoms with Crippen molar-refractivity contribution in [2.75, 3.05) is 0 Å². The Morgan fingerprint density at radius 2 is 0.921 bits per heavy atom. The van der Waals surface area contributed by atoms with Crippen LogP contribution >= 0.6 is 11.8 Å². The van der Waals surface area contributed by atoms with Crippen molar-refractivity contribution in [2.45, 2.75) is 61.5 Å². The molecule has 0 N–H and O–H groups in total. The Balaban J connectivity index is 1.41. The third-order valence-electron chi connectivity index (χ3n) is 6.58. The lowest BCUT2D eigenvalue weighted by molar-refractivity contribution is -0.242. The Morgan fingerprint density at radius 1 is 0.526 bits per heavy atom. The van der Waals surface area contributed by atoms with Crippen LogP contribution in [-0.4, -0.2) is 29.9 Å². The van der Waals surface area contributed by atoms with E-state index in [1.54, 1.807) is 11.8 Å². The third-order valence-corrected chi connectivity index (χ3v) is 7.73. The lowest BCUT2D eigenvalue weighted by atomic mass is 9.99. The predicted octanol–water partition coefficient (Wildman–Crippen LogP) is 7.28. The summed E-state index contributed by atoms with van der Waals surface area (Å²) in [7, 11) is 0. The van der Waals surface area contributed by atoms with E-state index < -0.39 is 0 Å². The quantitative estimate of drug-likeness (QED) is 0.205. The molecule has 4 aromatic rings. The zero-order valence-corrected chi connectivity index (χ0v) is 22.4. The molecule has 5 atom stereocenters. The Bertz CT molecular complexity index is 1210. The molecule has 0 aromatic heterocycles. The minimum Gasteiger partial charge on any atom is -0.368 e. The molecule has 5 rings (SSSR count). The van der Waals surface area contributed by atoms with Gasteiger partial charge >= 0.3 is 0 Å². The second-order valence-corrected chi connectivity index (χ2v) is 10.6. The van der Waals surface area contributed by atoms with E-state index in [-0.39, 0.29) is 29.9 Å². The van der Waals surface area contributed by atoms with Gasteiger partial charge in [0.25, 0.3) is 0 Å². The maximum absolute atomic E-state index is 6.67. The van der Waals surface area contributed by atoms with Crippen LogP contribution in [0.25, 0.3) is 0 Å². The SMILES string of the molecule is CC1O[C@@H](Sc2ccccc2)C(OCc2ccccc2)C(OCc2ccccc2)[C@@H]1OCc1ccccc1. The fourth-order valence-electron chi connectivity index (χ4n) is 4.60. The van der Waals surface area contributed by atoms with Crippen molar-refractivity contribution in [3.05, 3.63) is 138 Å². The van der Waals surface area contributed by atoms with E-state index in [2.05, 4.69) is 55.5 Å². The minimum absolute atomic E-state index is 0.183. The molecule has 0 amide bonds. The topological polar surface area (TPSA) is 36.9 Å². The van der Waals surface area contributed by atoms with Crippen molar-refractivity contribution in [2.24, 2.45) is 0 Å². The van der Waals surface area contributed by atoms with Crippen LogP contribution in [0.2, 0.25) is 0 Å². The maximum atomic E-state index is 6.67. The molecular weight excluding hydrogens is 492 g/mol. The van der Waals surface area contributed by atoms with Crippen molar-refractivity contribution in [3.8, 4) is 0 Å². The first kappa shape index (κ1) is 26.7. The van der Waals surface area contributed by atoms with Gasteiger partial charge in [0.2, 0.25) is 0 Å². The number of hydrogen-bond acceptors (Lipinski definition) is 5. The first-order chi connectivity index (χ1) is 18.8. The molecule has 1 fully saturated rings. The second-order valence-electron chi connectivity index (χ2n) is 9.42. The molecule has 4 aromatic carbocycles. The molecular formula is C33H34O4S. The smallest absolute Gasteiger partial charge is 0.136 e. The van der Waals surface area contributed by atoms with Crippen LogP contribution in [0.5, 0.6) is 0 Å². The highest BCUT2D eigenvalue weighted by Crippen LogP contribution is 2.38. The summed E-state index contributed by atoms with van der Waals surface area (Å²) >= 11 is 1.67. The average Bonchev–Trinajstić information content (AvgIpc) is 2.97. The van der Waals surface area contributed by atoms with Crippen molar-refractivity contribution < 1.29 is 18.9 Å². The zero-order valence-electron chi connectivity index (χ0n) is 21.6. The lowest BCUT2D eigenvalue weighted by Crippen LogP contribution is -2.58. The summed E-state index contributed by atoms with van der Waals surface area (Å²) in [5.41, 5.74) is 3.08. The first-order valence-electron chi connectivity index (χ1n) is 13.1. The van der Waals surface area contributed by atoms with Gasteiger partial charge in [0.1, 0.15) is 23.7 Å². The Hall–Kier alpha value is -2.93. The van der Waals surface area contributed by atoms with Crippen molar-refractivity contribution in [3.63, 3.8) is 0 Å². The summed E-state index contributed by atoms with van der Waals surface area (Å²) in [5, 5.41) is 0. The van der Waals surface area contributed by atoms with E-state index >= 15 is 0 Å². The fraction of sp³-hybridized carbons (Fsp3) is 0.273. The molecule has 1 aliphatic heterocycles. The molecule has 5 heteroatoms. The van der Waals surface area contributed by atoms with Crippen LogP contribution in [0, 0.1) is 0 Å². The largest absolute Gasteiger partial charge is 0.368 e. The molecule has 3 unspecified atom stereocenters. The van der Waals surface area contributed by atoms with Gasteiger partial charge in [-0.1, -0.05) is 121 Å². The second kappa shape index (κ2) is 13.7. The molecule has 0 bridgehead atoms. The molecule has 0 aliphatic carbocycles. The molecule has 0 radical (unpaired) electrons. The normalized spacial score (nSPS) is 23.2. The Morgan fingerprint density at radius 3 is 1.39 bits per heavy atom. The van der Waals surface area contributed by atoms with Crippen LogP contribution in [0.15, 0.2) is 126 Å². The number of ether oxygens (including phenoxy) is 4. The van der Waals surface area contributed by atoms with Gasteiger partial charge in [0.05, 0.1) is 25.9 Å². The van der Waals surface area contributed by atoms with Crippen LogP contribution < -0.4 is 0 Å². The summed E-state index contributed by atoms with van der Waals surface area (Å²) in [6.07, 6.45) is -1.15. The highest BCUT2D eigenvalue weighted by Gasteiger charge is 2.47. The Labute approximate surface area is 229 Å². The molecule has 196 valence electrons. The van der Waals surface area contributed by atoms with Gasteiger partial charge in [-0.3, -0.25) is 0 Å². The van der Waals surface area contributed by atoms with Crippen LogP contribution in [0.3, 0.4) is 0 Å². The van der Waals surface area contributed by atoms with Crippen LogP contribution in [-0.2, 0) is 38.8 Å². The molecule has 1 heterocycles. The van der Waals surface area contributed by atoms with E-state index in [0.29, 0.717) is 19.8 Å². The summed E-state index contributed by atoms with van der Waals surface area (Å²) in [6.45, 7) is 3.48. The van der Waals surface area contributed by atoms with Crippen molar-refractivity contribution in [1.82, 2.24) is 0 Å². The van der Waals surface area contributed by atoms with E-state index in [0.717, 1.165) is 21.6 Å². The molecule has 0 spiro atoms. The lowest BCUT2D eigenvalue weighted by Gasteiger charge is -2.45. The minimum atomic E-state index is -0.346. The van der Waals surface area contributed by atoms with E-state index in [4.69, 9.17) is 18.9 Å².